The van der Waals surface area contributed by atoms with Gasteiger partial charge >= 0.3 is 0 Å². The summed E-state index contributed by atoms with van der Waals surface area (Å²) in [7, 11) is 0. The second-order valence-corrected chi connectivity index (χ2v) is 7.39. The maximum Gasteiger partial charge on any atom is 0.240 e. The molecule has 1 aromatic heterocycles. The van der Waals surface area contributed by atoms with E-state index in [1.807, 2.05) is 24.5 Å². The average molecular weight is 343 g/mol. The number of nitrogens with one attached hydrogen (secondary N) is 1. The van der Waals surface area contributed by atoms with Crippen molar-refractivity contribution >= 4 is 11.6 Å². The topological polar surface area (TPSA) is 51.7 Å². The molecule has 0 aromatic carbocycles. The van der Waals surface area contributed by atoms with Crippen molar-refractivity contribution in [1.82, 2.24) is 20.1 Å². The molecule has 25 heavy (non-hydrogen) atoms. The molecule has 0 radical (unpaired) electrons. The molecule has 6 nitrogen and oxygen atoms in total. The fourth-order valence-corrected chi connectivity index (χ4v) is 4.58. The monoisotopic (exact) mass is 343 g/mol. The van der Waals surface area contributed by atoms with Crippen LogP contribution in [0.25, 0.3) is 0 Å². The van der Waals surface area contributed by atoms with Crippen LogP contribution in [0, 0.1) is 0 Å². The predicted molar refractivity (Wildman–Crippen MR) is 98.6 cm³/mol. The maximum absolute atomic E-state index is 13.1. The number of hydrogen-bond donors (Lipinski definition) is 1. The molecule has 0 saturated carbocycles. The fourth-order valence-electron chi connectivity index (χ4n) is 4.58. The third kappa shape index (κ3) is 3.65. The van der Waals surface area contributed by atoms with Crippen LogP contribution in [-0.2, 0) is 4.79 Å². The number of rotatable bonds is 3. The summed E-state index contributed by atoms with van der Waals surface area (Å²) in [5, 5.41) is 3.43. The van der Waals surface area contributed by atoms with Crippen molar-refractivity contribution in [1.29, 1.82) is 0 Å². The standard InChI is InChI=1S/C19H29N5O/c25-19(18-2-1-11-24(18)17-5-9-21-10-6-17)23-14-12-22(13-15-23)16-3-7-20-8-4-16/h3-4,7-8,17-18,21H,1-2,5-6,9-15H2/t18-/m0/s1. The molecular formula is C19H29N5O. The number of amides is 1. The molecule has 4 heterocycles. The molecule has 0 bridgehead atoms. The molecule has 3 aliphatic rings. The zero-order valence-corrected chi connectivity index (χ0v) is 14.9. The SMILES string of the molecule is O=C([C@@H]1CCCN1C1CCNCC1)N1CCN(c2ccncc2)CC1. The average Bonchev–Trinajstić information content (AvgIpc) is 3.19. The lowest BCUT2D eigenvalue weighted by molar-refractivity contribution is -0.137. The minimum Gasteiger partial charge on any atom is -0.368 e. The first-order chi connectivity index (χ1) is 12.3. The number of carbonyl (C=O) groups excluding carboxylic acids is 1. The van der Waals surface area contributed by atoms with Gasteiger partial charge in [0.2, 0.25) is 5.91 Å². The van der Waals surface area contributed by atoms with Crippen LogP contribution in [0.4, 0.5) is 5.69 Å². The van der Waals surface area contributed by atoms with E-state index in [0.717, 1.165) is 58.7 Å². The Morgan fingerprint density at radius 1 is 1.00 bits per heavy atom. The van der Waals surface area contributed by atoms with E-state index in [9.17, 15) is 4.79 Å². The third-order valence-electron chi connectivity index (χ3n) is 5.98. The van der Waals surface area contributed by atoms with Crippen molar-refractivity contribution in [2.24, 2.45) is 0 Å². The molecule has 0 unspecified atom stereocenters. The Morgan fingerprint density at radius 3 is 2.44 bits per heavy atom. The number of aromatic nitrogens is 1. The van der Waals surface area contributed by atoms with Crippen LogP contribution in [0.3, 0.4) is 0 Å². The number of anilines is 1. The molecule has 136 valence electrons. The Balaban J connectivity index is 1.35. The Hall–Kier alpha value is -1.66. The van der Waals surface area contributed by atoms with Gasteiger partial charge in [0.15, 0.2) is 0 Å². The van der Waals surface area contributed by atoms with E-state index in [-0.39, 0.29) is 6.04 Å². The zero-order valence-electron chi connectivity index (χ0n) is 14.9. The first kappa shape index (κ1) is 16.8. The second kappa shape index (κ2) is 7.70. The minimum atomic E-state index is 0.121. The molecule has 1 amide bonds. The lowest BCUT2D eigenvalue weighted by atomic mass is 10.0. The number of carbonyl (C=O) groups is 1. The van der Waals surface area contributed by atoms with Gasteiger partial charge in [-0.25, -0.2) is 0 Å². The maximum atomic E-state index is 13.1. The highest BCUT2D eigenvalue weighted by Crippen LogP contribution is 2.26. The summed E-state index contributed by atoms with van der Waals surface area (Å²) in [6, 6.07) is 4.81. The molecule has 0 spiro atoms. The molecule has 3 saturated heterocycles. The summed E-state index contributed by atoms with van der Waals surface area (Å²) in [5.41, 5.74) is 1.21. The molecule has 4 rings (SSSR count). The number of hydrogen-bond acceptors (Lipinski definition) is 5. The third-order valence-corrected chi connectivity index (χ3v) is 5.98. The number of pyridine rings is 1. The van der Waals surface area contributed by atoms with Gasteiger partial charge in [-0.1, -0.05) is 0 Å². The van der Waals surface area contributed by atoms with Crippen LogP contribution < -0.4 is 10.2 Å². The first-order valence-electron chi connectivity index (χ1n) is 9.73. The van der Waals surface area contributed by atoms with Gasteiger partial charge in [0.05, 0.1) is 6.04 Å². The summed E-state index contributed by atoms with van der Waals surface area (Å²) >= 11 is 0. The van der Waals surface area contributed by atoms with Gasteiger partial charge in [-0.05, 0) is 57.5 Å². The van der Waals surface area contributed by atoms with Gasteiger partial charge in [-0.15, -0.1) is 0 Å². The molecule has 1 N–H and O–H groups in total. The normalized spacial score (nSPS) is 26.2. The Labute approximate surface area is 150 Å². The van der Waals surface area contributed by atoms with E-state index in [1.54, 1.807) is 0 Å². The van der Waals surface area contributed by atoms with Crippen molar-refractivity contribution in [3.8, 4) is 0 Å². The van der Waals surface area contributed by atoms with Gasteiger partial charge in [-0.3, -0.25) is 14.7 Å². The molecular weight excluding hydrogens is 314 g/mol. The Morgan fingerprint density at radius 2 is 1.72 bits per heavy atom. The predicted octanol–water partition coefficient (Wildman–Crippen LogP) is 0.947. The van der Waals surface area contributed by atoms with E-state index < -0.39 is 0 Å². The Bertz CT molecular complexity index is 566. The minimum absolute atomic E-state index is 0.121. The van der Waals surface area contributed by atoms with E-state index in [2.05, 4.69) is 25.0 Å². The Kier molecular flexibility index (Phi) is 5.17. The molecule has 3 fully saturated rings. The first-order valence-corrected chi connectivity index (χ1v) is 9.73. The van der Waals surface area contributed by atoms with Crippen LogP contribution in [-0.4, -0.2) is 78.6 Å². The molecule has 1 atom stereocenters. The van der Waals surface area contributed by atoms with E-state index in [4.69, 9.17) is 0 Å². The van der Waals surface area contributed by atoms with Crippen LogP contribution in [0.5, 0.6) is 0 Å². The number of piperidine rings is 1. The van der Waals surface area contributed by atoms with E-state index >= 15 is 0 Å². The summed E-state index contributed by atoms with van der Waals surface area (Å²) in [4.78, 5) is 24.2. The highest BCUT2D eigenvalue weighted by atomic mass is 16.2. The molecule has 3 aliphatic heterocycles. The zero-order chi connectivity index (χ0) is 17.1. The number of piperazine rings is 1. The summed E-state index contributed by atoms with van der Waals surface area (Å²) in [6.45, 7) is 6.76. The summed E-state index contributed by atoms with van der Waals surface area (Å²) < 4.78 is 0. The van der Waals surface area contributed by atoms with Crippen LogP contribution in [0.1, 0.15) is 25.7 Å². The number of likely N-dealkylation sites (tertiary alicyclic amines) is 1. The van der Waals surface area contributed by atoms with Crippen molar-refractivity contribution in [2.75, 3.05) is 50.7 Å². The van der Waals surface area contributed by atoms with Crippen molar-refractivity contribution < 1.29 is 4.79 Å². The van der Waals surface area contributed by atoms with Gasteiger partial charge in [0.1, 0.15) is 0 Å². The van der Waals surface area contributed by atoms with Gasteiger partial charge < -0.3 is 15.1 Å². The van der Waals surface area contributed by atoms with Gasteiger partial charge in [-0.2, -0.15) is 0 Å². The molecule has 6 heteroatoms. The number of nitrogens with zero attached hydrogens (tertiary/aromatic N) is 4. The van der Waals surface area contributed by atoms with Crippen LogP contribution >= 0.6 is 0 Å². The fraction of sp³-hybridized carbons (Fsp3) is 0.684. The van der Waals surface area contributed by atoms with Crippen molar-refractivity contribution in [3.05, 3.63) is 24.5 Å². The molecule has 1 aromatic rings. The quantitative estimate of drug-likeness (QED) is 0.885. The lowest BCUT2D eigenvalue weighted by Crippen LogP contribution is -2.56. The highest BCUT2D eigenvalue weighted by Gasteiger charge is 2.38. The summed E-state index contributed by atoms with van der Waals surface area (Å²) in [6.07, 6.45) is 8.23. The molecule has 0 aliphatic carbocycles. The van der Waals surface area contributed by atoms with Gasteiger partial charge in [0, 0.05) is 50.3 Å². The second-order valence-electron chi connectivity index (χ2n) is 7.39. The van der Waals surface area contributed by atoms with Crippen molar-refractivity contribution in [3.63, 3.8) is 0 Å². The largest absolute Gasteiger partial charge is 0.368 e. The van der Waals surface area contributed by atoms with Gasteiger partial charge in [0.25, 0.3) is 0 Å². The van der Waals surface area contributed by atoms with E-state index in [1.165, 1.54) is 18.5 Å². The van der Waals surface area contributed by atoms with Crippen molar-refractivity contribution in [2.45, 2.75) is 37.8 Å². The van der Waals surface area contributed by atoms with Crippen LogP contribution in [0.15, 0.2) is 24.5 Å². The lowest BCUT2D eigenvalue weighted by Gasteiger charge is -2.40. The van der Waals surface area contributed by atoms with E-state index in [0.29, 0.717) is 11.9 Å². The highest BCUT2D eigenvalue weighted by molar-refractivity contribution is 5.82. The summed E-state index contributed by atoms with van der Waals surface area (Å²) in [5.74, 6) is 0.366. The van der Waals surface area contributed by atoms with Crippen LogP contribution in [0.2, 0.25) is 0 Å². The smallest absolute Gasteiger partial charge is 0.240 e.